The van der Waals surface area contributed by atoms with Crippen LogP contribution in [0.4, 0.5) is 15.8 Å². The van der Waals surface area contributed by atoms with Crippen LogP contribution in [0, 0.1) is 17.7 Å². The number of nitrogens with one attached hydrogen (secondary N) is 3. The maximum absolute atomic E-state index is 15.2. The van der Waals surface area contributed by atoms with E-state index in [0.717, 1.165) is 29.1 Å². The minimum atomic E-state index is -0.680. The number of hydrogen-bond acceptors (Lipinski definition) is 7. The molecule has 0 spiro atoms. The van der Waals surface area contributed by atoms with Crippen molar-refractivity contribution in [1.82, 2.24) is 25.6 Å². The van der Waals surface area contributed by atoms with Crippen LogP contribution in [0.25, 0.3) is 11.4 Å². The molecule has 0 unspecified atom stereocenters. The average Bonchev–Trinajstić information content (AvgIpc) is 3.55. The SMILES string of the molecule is CCCCNc1cc(-c2nn[nH]n2)cc(F)c1C(=O)Nc1cccc(C#Cc2nc(C3CCC3)cs2)c1. The molecule has 0 bridgehead atoms. The largest absolute Gasteiger partial charge is 0.384 e. The molecule has 0 radical (unpaired) electrons. The highest BCUT2D eigenvalue weighted by molar-refractivity contribution is 7.10. The van der Waals surface area contributed by atoms with Gasteiger partial charge in [-0.15, -0.1) is 21.5 Å². The zero-order valence-electron chi connectivity index (χ0n) is 20.3. The molecule has 0 aliphatic heterocycles. The van der Waals surface area contributed by atoms with Gasteiger partial charge in [0.25, 0.3) is 5.91 Å². The summed E-state index contributed by atoms with van der Waals surface area (Å²) in [5.41, 5.74) is 3.09. The molecule has 3 N–H and O–H groups in total. The first kappa shape index (κ1) is 24.6. The molecule has 1 aliphatic rings. The number of anilines is 2. The number of hydrogen-bond donors (Lipinski definition) is 3. The zero-order valence-corrected chi connectivity index (χ0v) is 21.2. The summed E-state index contributed by atoms with van der Waals surface area (Å²) < 4.78 is 15.2. The fourth-order valence-electron chi connectivity index (χ4n) is 4.02. The number of carbonyl (C=O) groups is 1. The summed E-state index contributed by atoms with van der Waals surface area (Å²) in [7, 11) is 0. The Morgan fingerprint density at radius 2 is 2.14 bits per heavy atom. The number of carbonyl (C=O) groups excluding carboxylic acids is 1. The maximum atomic E-state index is 15.2. The lowest BCUT2D eigenvalue weighted by Gasteiger charge is -2.22. The molecule has 188 valence electrons. The second kappa shape index (κ2) is 11.3. The Labute approximate surface area is 218 Å². The summed E-state index contributed by atoms with van der Waals surface area (Å²) >= 11 is 1.55. The molecule has 2 aromatic carbocycles. The van der Waals surface area contributed by atoms with Gasteiger partial charge in [0, 0.05) is 34.7 Å². The van der Waals surface area contributed by atoms with Gasteiger partial charge in [0.2, 0.25) is 5.82 Å². The minimum Gasteiger partial charge on any atom is -0.384 e. The van der Waals surface area contributed by atoms with E-state index in [9.17, 15) is 4.79 Å². The lowest BCUT2D eigenvalue weighted by Crippen LogP contribution is -2.17. The van der Waals surface area contributed by atoms with Crippen molar-refractivity contribution in [3.05, 3.63) is 69.4 Å². The maximum Gasteiger partial charge on any atom is 0.260 e. The summed E-state index contributed by atoms with van der Waals surface area (Å²) in [5, 5.41) is 22.6. The highest BCUT2D eigenvalue weighted by Gasteiger charge is 2.22. The van der Waals surface area contributed by atoms with E-state index in [0.29, 0.717) is 29.4 Å². The predicted octanol–water partition coefficient (Wildman–Crippen LogP) is 5.59. The van der Waals surface area contributed by atoms with Gasteiger partial charge in [-0.1, -0.05) is 31.8 Å². The monoisotopic (exact) mass is 515 g/mol. The van der Waals surface area contributed by atoms with Crippen molar-refractivity contribution < 1.29 is 9.18 Å². The van der Waals surface area contributed by atoms with E-state index in [1.54, 1.807) is 35.6 Å². The first-order valence-corrected chi connectivity index (χ1v) is 13.2. The number of H-pyrrole nitrogens is 1. The second-order valence-electron chi connectivity index (χ2n) is 8.89. The number of thiazole rings is 1. The van der Waals surface area contributed by atoms with Crippen LogP contribution in [0.5, 0.6) is 0 Å². The molecule has 1 saturated carbocycles. The molecule has 1 fully saturated rings. The Kier molecular flexibility index (Phi) is 7.51. The normalized spacial score (nSPS) is 12.9. The van der Waals surface area contributed by atoms with E-state index >= 15 is 4.39 Å². The Bertz CT molecular complexity index is 1450. The van der Waals surface area contributed by atoms with E-state index in [1.165, 1.54) is 25.3 Å². The van der Waals surface area contributed by atoms with Gasteiger partial charge in [-0.25, -0.2) is 9.37 Å². The van der Waals surface area contributed by atoms with E-state index in [-0.39, 0.29) is 11.4 Å². The van der Waals surface area contributed by atoms with Crippen molar-refractivity contribution in [2.75, 3.05) is 17.2 Å². The predicted molar refractivity (Wildman–Crippen MR) is 142 cm³/mol. The smallest absolute Gasteiger partial charge is 0.260 e. The van der Waals surface area contributed by atoms with E-state index in [2.05, 4.69) is 60.4 Å². The molecule has 5 rings (SSSR count). The standard InChI is InChI=1S/C27H26FN7OS/c1-2-3-12-29-22-15-19(26-32-34-35-33-26)14-21(28)25(22)27(36)30-20-9-4-6-17(13-20)10-11-24-31-23(16-37-24)18-7-5-8-18/h4,6,9,13-16,18,29H,2-3,5,7-8,12H2,1H3,(H,30,36)(H,32,33,34,35). The van der Waals surface area contributed by atoms with Crippen LogP contribution in [-0.2, 0) is 0 Å². The summed E-state index contributed by atoms with van der Waals surface area (Å²) in [6.07, 6.45) is 5.50. The first-order valence-electron chi connectivity index (χ1n) is 12.3. The molecule has 37 heavy (non-hydrogen) atoms. The highest BCUT2D eigenvalue weighted by atomic mass is 32.1. The van der Waals surface area contributed by atoms with E-state index in [4.69, 9.17) is 0 Å². The number of nitrogens with zero attached hydrogens (tertiary/aromatic N) is 4. The highest BCUT2D eigenvalue weighted by Crippen LogP contribution is 2.36. The lowest BCUT2D eigenvalue weighted by atomic mass is 9.83. The van der Waals surface area contributed by atoms with Gasteiger partial charge >= 0.3 is 0 Å². The van der Waals surface area contributed by atoms with Crippen molar-refractivity contribution in [3.8, 4) is 23.2 Å². The summed E-state index contributed by atoms with van der Waals surface area (Å²) in [6, 6.07) is 10.1. The number of rotatable bonds is 8. The van der Waals surface area contributed by atoms with Gasteiger partial charge in [0.15, 0.2) is 5.01 Å². The molecular formula is C27H26FN7OS. The summed E-state index contributed by atoms with van der Waals surface area (Å²) in [6.45, 7) is 2.65. The van der Waals surface area contributed by atoms with Crippen LogP contribution < -0.4 is 10.6 Å². The second-order valence-corrected chi connectivity index (χ2v) is 9.74. The number of aromatic nitrogens is 5. The third-order valence-electron chi connectivity index (χ3n) is 6.25. The van der Waals surface area contributed by atoms with Crippen molar-refractivity contribution in [2.45, 2.75) is 44.9 Å². The Morgan fingerprint density at radius 3 is 2.89 bits per heavy atom. The van der Waals surface area contributed by atoms with Crippen LogP contribution in [0.3, 0.4) is 0 Å². The van der Waals surface area contributed by atoms with Crippen molar-refractivity contribution in [2.24, 2.45) is 0 Å². The van der Waals surface area contributed by atoms with E-state index < -0.39 is 11.7 Å². The van der Waals surface area contributed by atoms with Gasteiger partial charge in [0.1, 0.15) is 5.82 Å². The molecule has 2 aromatic heterocycles. The number of unbranched alkanes of at least 4 members (excludes halogenated alkanes) is 1. The quantitative estimate of drug-likeness (QED) is 0.208. The molecule has 2 heterocycles. The Morgan fingerprint density at radius 1 is 1.24 bits per heavy atom. The number of tetrazole rings is 1. The summed E-state index contributed by atoms with van der Waals surface area (Å²) in [4.78, 5) is 17.8. The zero-order chi connectivity index (χ0) is 25.6. The molecule has 8 nitrogen and oxygen atoms in total. The number of halogens is 1. The van der Waals surface area contributed by atoms with Crippen LogP contribution in [-0.4, -0.2) is 38.1 Å². The Hall–Kier alpha value is -4.10. The molecule has 4 aromatic rings. The molecule has 0 atom stereocenters. The molecule has 0 saturated heterocycles. The molecule has 10 heteroatoms. The van der Waals surface area contributed by atoms with Crippen LogP contribution in [0.15, 0.2) is 41.8 Å². The molecule has 1 amide bonds. The third kappa shape index (κ3) is 5.84. The number of amides is 1. The van der Waals surface area contributed by atoms with Gasteiger partial charge in [-0.2, -0.15) is 5.21 Å². The summed E-state index contributed by atoms with van der Waals surface area (Å²) in [5.74, 6) is 5.82. The van der Waals surface area contributed by atoms with Gasteiger partial charge < -0.3 is 10.6 Å². The number of aromatic amines is 1. The van der Waals surface area contributed by atoms with E-state index in [1.807, 2.05) is 6.07 Å². The fraction of sp³-hybridized carbons (Fsp3) is 0.296. The van der Waals surface area contributed by atoms with Crippen LogP contribution >= 0.6 is 11.3 Å². The fourth-order valence-corrected chi connectivity index (χ4v) is 4.76. The Balaban J connectivity index is 1.35. The van der Waals surface area contributed by atoms with Crippen LogP contribution in [0.1, 0.15) is 71.6 Å². The van der Waals surface area contributed by atoms with Gasteiger partial charge in [-0.05, 0) is 60.7 Å². The van der Waals surface area contributed by atoms with Crippen molar-refractivity contribution in [3.63, 3.8) is 0 Å². The van der Waals surface area contributed by atoms with Gasteiger partial charge in [0.05, 0.1) is 16.9 Å². The lowest BCUT2D eigenvalue weighted by molar-refractivity contribution is 0.102. The minimum absolute atomic E-state index is 0.0776. The third-order valence-corrected chi connectivity index (χ3v) is 7.02. The molecule has 1 aliphatic carbocycles. The topological polar surface area (TPSA) is 108 Å². The van der Waals surface area contributed by atoms with Gasteiger partial charge in [-0.3, -0.25) is 4.79 Å². The van der Waals surface area contributed by atoms with Crippen molar-refractivity contribution in [1.29, 1.82) is 0 Å². The first-order chi connectivity index (χ1) is 18.1. The molecular weight excluding hydrogens is 489 g/mol. The van der Waals surface area contributed by atoms with Crippen molar-refractivity contribution >= 4 is 28.6 Å². The number of benzene rings is 2. The average molecular weight is 516 g/mol. The van der Waals surface area contributed by atoms with Crippen LogP contribution in [0.2, 0.25) is 0 Å².